The normalized spacial score (nSPS) is 15.5. The quantitative estimate of drug-likeness (QED) is 0.619. The molecule has 4 rings (SSSR count). The SMILES string of the molecule is O=C(NCC#CCOc1cccc2ccccc12)C1CC(=O)N(c2ccc(Cl)cc2)C1. The van der Waals surface area contributed by atoms with E-state index in [0.29, 0.717) is 11.6 Å². The van der Waals surface area contributed by atoms with Crippen molar-refractivity contribution < 1.29 is 14.3 Å². The zero-order chi connectivity index (χ0) is 21.6. The van der Waals surface area contributed by atoms with Crippen LogP contribution in [0.25, 0.3) is 10.8 Å². The highest BCUT2D eigenvalue weighted by molar-refractivity contribution is 6.30. The molecule has 1 aliphatic rings. The smallest absolute Gasteiger partial charge is 0.227 e. The number of carbonyl (C=O) groups is 2. The number of anilines is 1. The number of hydrogen-bond acceptors (Lipinski definition) is 3. The molecule has 1 unspecified atom stereocenters. The van der Waals surface area contributed by atoms with E-state index in [1.165, 1.54) is 0 Å². The Morgan fingerprint density at radius 3 is 2.68 bits per heavy atom. The van der Waals surface area contributed by atoms with Gasteiger partial charge in [0.25, 0.3) is 0 Å². The Morgan fingerprint density at radius 2 is 1.84 bits per heavy atom. The minimum Gasteiger partial charge on any atom is -0.480 e. The number of nitrogens with zero attached hydrogens (tertiary/aromatic N) is 1. The molecule has 0 radical (unpaired) electrons. The Kier molecular flexibility index (Phi) is 6.40. The Labute approximate surface area is 185 Å². The molecule has 0 aliphatic carbocycles. The maximum Gasteiger partial charge on any atom is 0.227 e. The Bertz CT molecular complexity index is 1160. The Morgan fingerprint density at radius 1 is 1.06 bits per heavy atom. The van der Waals surface area contributed by atoms with Crippen LogP contribution >= 0.6 is 11.6 Å². The van der Waals surface area contributed by atoms with Gasteiger partial charge in [-0.05, 0) is 35.7 Å². The predicted octanol–water partition coefficient (Wildman–Crippen LogP) is 4.04. The summed E-state index contributed by atoms with van der Waals surface area (Å²) in [6.45, 7) is 0.795. The number of ether oxygens (including phenoxy) is 1. The summed E-state index contributed by atoms with van der Waals surface area (Å²) in [5, 5.41) is 5.54. The van der Waals surface area contributed by atoms with Gasteiger partial charge in [-0.1, -0.05) is 59.8 Å². The van der Waals surface area contributed by atoms with Crippen molar-refractivity contribution in [2.75, 3.05) is 24.6 Å². The van der Waals surface area contributed by atoms with E-state index in [1.54, 1.807) is 29.2 Å². The van der Waals surface area contributed by atoms with Gasteiger partial charge in [-0.3, -0.25) is 9.59 Å². The molecule has 0 bridgehead atoms. The lowest BCUT2D eigenvalue weighted by Gasteiger charge is -2.16. The van der Waals surface area contributed by atoms with Crippen LogP contribution in [-0.4, -0.2) is 31.5 Å². The van der Waals surface area contributed by atoms with Gasteiger partial charge in [0.2, 0.25) is 11.8 Å². The van der Waals surface area contributed by atoms with Crippen LogP contribution in [0.1, 0.15) is 6.42 Å². The summed E-state index contributed by atoms with van der Waals surface area (Å²) in [6.07, 6.45) is 0.187. The molecule has 3 aromatic rings. The highest BCUT2D eigenvalue weighted by Gasteiger charge is 2.34. The van der Waals surface area contributed by atoms with Crippen LogP contribution < -0.4 is 15.0 Å². The van der Waals surface area contributed by atoms with Crippen LogP contribution in [-0.2, 0) is 9.59 Å². The third-order valence-corrected chi connectivity index (χ3v) is 5.41. The van der Waals surface area contributed by atoms with Crippen molar-refractivity contribution in [2.24, 2.45) is 5.92 Å². The van der Waals surface area contributed by atoms with Gasteiger partial charge in [0.15, 0.2) is 0 Å². The molecule has 6 heteroatoms. The standard InChI is InChI=1S/C25H21ClN2O3/c26-20-10-12-21(13-11-20)28-17-19(16-24(28)29)25(30)27-14-3-4-15-31-23-9-5-7-18-6-1-2-8-22(18)23/h1-2,5-13,19H,14-17H2,(H,27,30). The molecule has 3 aromatic carbocycles. The lowest BCUT2D eigenvalue weighted by Crippen LogP contribution is -2.33. The molecule has 1 atom stereocenters. The first kappa shape index (κ1) is 20.8. The molecule has 1 N–H and O–H groups in total. The minimum absolute atomic E-state index is 0.0722. The topological polar surface area (TPSA) is 58.6 Å². The Hall–Kier alpha value is -3.49. The number of carbonyl (C=O) groups excluding carboxylic acids is 2. The zero-order valence-electron chi connectivity index (χ0n) is 16.8. The summed E-state index contributed by atoms with van der Waals surface area (Å²) in [5.41, 5.74) is 0.745. The molecule has 156 valence electrons. The first-order valence-corrected chi connectivity index (χ1v) is 10.4. The second-order valence-electron chi connectivity index (χ2n) is 7.22. The molecule has 2 amide bonds. The van der Waals surface area contributed by atoms with Crippen molar-refractivity contribution in [3.8, 4) is 17.6 Å². The number of fused-ring (bicyclic) bond motifs is 1. The number of hydrogen-bond donors (Lipinski definition) is 1. The molecule has 0 saturated carbocycles. The average molecular weight is 433 g/mol. The highest BCUT2D eigenvalue weighted by atomic mass is 35.5. The van der Waals surface area contributed by atoms with Gasteiger partial charge in [-0.2, -0.15) is 0 Å². The van der Waals surface area contributed by atoms with Gasteiger partial charge in [0.1, 0.15) is 12.4 Å². The second kappa shape index (κ2) is 9.55. The molecule has 1 saturated heterocycles. The molecule has 5 nitrogen and oxygen atoms in total. The van der Waals surface area contributed by atoms with Gasteiger partial charge in [-0.15, -0.1) is 0 Å². The lowest BCUT2D eigenvalue weighted by molar-refractivity contribution is -0.126. The van der Waals surface area contributed by atoms with E-state index < -0.39 is 5.92 Å². The van der Waals surface area contributed by atoms with Crippen molar-refractivity contribution >= 4 is 39.9 Å². The van der Waals surface area contributed by atoms with Crippen LogP contribution in [0.2, 0.25) is 5.02 Å². The third kappa shape index (κ3) is 4.99. The summed E-state index contributed by atoms with van der Waals surface area (Å²) in [6, 6.07) is 20.9. The fraction of sp³-hybridized carbons (Fsp3) is 0.200. The largest absolute Gasteiger partial charge is 0.480 e. The van der Waals surface area contributed by atoms with Crippen LogP contribution in [0.4, 0.5) is 5.69 Å². The number of nitrogens with one attached hydrogen (secondary N) is 1. The van der Waals surface area contributed by atoms with Crippen LogP contribution in [0.15, 0.2) is 66.7 Å². The number of rotatable bonds is 5. The van der Waals surface area contributed by atoms with Crippen molar-refractivity contribution in [1.82, 2.24) is 5.32 Å². The van der Waals surface area contributed by atoms with Gasteiger partial charge in [-0.25, -0.2) is 0 Å². The van der Waals surface area contributed by atoms with Gasteiger partial charge in [0, 0.05) is 29.1 Å². The van der Waals surface area contributed by atoms with E-state index in [-0.39, 0.29) is 31.4 Å². The van der Waals surface area contributed by atoms with E-state index in [4.69, 9.17) is 16.3 Å². The van der Waals surface area contributed by atoms with Crippen molar-refractivity contribution in [3.05, 3.63) is 71.8 Å². The van der Waals surface area contributed by atoms with E-state index in [2.05, 4.69) is 17.2 Å². The minimum atomic E-state index is -0.392. The van der Waals surface area contributed by atoms with Crippen molar-refractivity contribution in [1.29, 1.82) is 0 Å². The van der Waals surface area contributed by atoms with Crippen LogP contribution in [0.5, 0.6) is 5.75 Å². The van der Waals surface area contributed by atoms with Crippen LogP contribution in [0.3, 0.4) is 0 Å². The van der Waals surface area contributed by atoms with E-state index in [9.17, 15) is 9.59 Å². The molecule has 31 heavy (non-hydrogen) atoms. The number of amides is 2. The first-order valence-electron chi connectivity index (χ1n) is 10.0. The lowest BCUT2D eigenvalue weighted by atomic mass is 10.1. The number of benzene rings is 3. The predicted molar refractivity (Wildman–Crippen MR) is 122 cm³/mol. The maximum absolute atomic E-state index is 12.4. The second-order valence-corrected chi connectivity index (χ2v) is 7.66. The summed E-state index contributed by atoms with van der Waals surface area (Å²) in [4.78, 5) is 26.3. The molecule has 0 aromatic heterocycles. The van der Waals surface area contributed by atoms with Crippen LogP contribution in [0, 0.1) is 17.8 Å². The summed E-state index contributed by atoms with van der Waals surface area (Å²) < 4.78 is 5.76. The molecular weight excluding hydrogens is 412 g/mol. The molecule has 0 spiro atoms. The number of halogens is 1. The third-order valence-electron chi connectivity index (χ3n) is 5.16. The van der Waals surface area contributed by atoms with Crippen molar-refractivity contribution in [3.63, 3.8) is 0 Å². The molecule has 1 fully saturated rings. The molecule has 1 aliphatic heterocycles. The van der Waals surface area contributed by atoms with Crippen molar-refractivity contribution in [2.45, 2.75) is 6.42 Å². The monoisotopic (exact) mass is 432 g/mol. The van der Waals surface area contributed by atoms with E-state index >= 15 is 0 Å². The maximum atomic E-state index is 12.4. The Balaban J connectivity index is 1.25. The highest BCUT2D eigenvalue weighted by Crippen LogP contribution is 2.26. The zero-order valence-corrected chi connectivity index (χ0v) is 17.6. The van der Waals surface area contributed by atoms with Gasteiger partial charge >= 0.3 is 0 Å². The summed E-state index contributed by atoms with van der Waals surface area (Å²) in [7, 11) is 0. The average Bonchev–Trinajstić information content (AvgIpc) is 3.18. The van der Waals surface area contributed by atoms with E-state index in [1.807, 2.05) is 42.5 Å². The van der Waals surface area contributed by atoms with Gasteiger partial charge < -0.3 is 15.0 Å². The summed E-state index contributed by atoms with van der Waals surface area (Å²) >= 11 is 5.90. The summed E-state index contributed by atoms with van der Waals surface area (Å²) in [5.74, 6) is 5.96. The fourth-order valence-electron chi connectivity index (χ4n) is 3.58. The fourth-order valence-corrected chi connectivity index (χ4v) is 3.70. The molecular formula is C25H21ClN2O3. The van der Waals surface area contributed by atoms with E-state index in [0.717, 1.165) is 22.2 Å². The molecule has 1 heterocycles. The first-order chi connectivity index (χ1) is 15.1. The van der Waals surface area contributed by atoms with Gasteiger partial charge in [0.05, 0.1) is 12.5 Å².